The quantitative estimate of drug-likeness (QED) is 0.822. The van der Waals surface area contributed by atoms with Crippen molar-refractivity contribution < 1.29 is 14.6 Å². The number of fused-ring (bicyclic) bond motifs is 1. The standard InChI is InChI=1S/C13H15IN2O3/c1-18-12-9(17)6-5-8-11(12)13(14)15-16(8)10-4-2-3-7-19-10/h5-6,10,17H,2-4,7H2,1H3. The summed E-state index contributed by atoms with van der Waals surface area (Å²) in [5, 5.41) is 15.3. The third kappa shape index (κ3) is 2.16. The zero-order valence-corrected chi connectivity index (χ0v) is 12.8. The first kappa shape index (κ1) is 13.0. The first-order valence-electron chi connectivity index (χ1n) is 6.27. The van der Waals surface area contributed by atoms with Gasteiger partial charge in [-0.25, -0.2) is 4.68 Å². The van der Waals surface area contributed by atoms with E-state index in [0.29, 0.717) is 5.75 Å². The molecule has 19 heavy (non-hydrogen) atoms. The third-order valence-corrected chi connectivity index (χ3v) is 4.15. The summed E-state index contributed by atoms with van der Waals surface area (Å²) in [4.78, 5) is 0. The smallest absolute Gasteiger partial charge is 0.172 e. The predicted molar refractivity (Wildman–Crippen MR) is 79.5 cm³/mol. The van der Waals surface area contributed by atoms with Gasteiger partial charge >= 0.3 is 0 Å². The molecule has 3 rings (SSSR count). The average Bonchev–Trinajstić information content (AvgIpc) is 2.77. The highest BCUT2D eigenvalue weighted by molar-refractivity contribution is 14.1. The highest BCUT2D eigenvalue weighted by Gasteiger charge is 2.23. The van der Waals surface area contributed by atoms with Gasteiger partial charge in [-0.3, -0.25) is 0 Å². The molecule has 1 aliphatic heterocycles. The Balaban J connectivity index is 2.16. The van der Waals surface area contributed by atoms with Crippen LogP contribution in [0.15, 0.2) is 12.1 Å². The van der Waals surface area contributed by atoms with E-state index >= 15 is 0 Å². The molecule has 1 saturated heterocycles. The number of benzene rings is 1. The van der Waals surface area contributed by atoms with Crippen LogP contribution in [-0.4, -0.2) is 28.6 Å². The van der Waals surface area contributed by atoms with Crippen molar-refractivity contribution in [1.29, 1.82) is 0 Å². The molecular weight excluding hydrogens is 359 g/mol. The van der Waals surface area contributed by atoms with Gasteiger partial charge in [0.2, 0.25) is 0 Å². The molecule has 1 atom stereocenters. The number of ether oxygens (including phenoxy) is 2. The number of phenols is 1. The first-order valence-corrected chi connectivity index (χ1v) is 7.35. The molecule has 2 heterocycles. The Hall–Kier alpha value is -1.02. The Morgan fingerprint density at radius 2 is 2.32 bits per heavy atom. The Kier molecular flexibility index (Phi) is 3.53. The monoisotopic (exact) mass is 374 g/mol. The molecule has 0 spiro atoms. The van der Waals surface area contributed by atoms with Gasteiger partial charge in [0.25, 0.3) is 0 Å². The van der Waals surface area contributed by atoms with E-state index in [4.69, 9.17) is 9.47 Å². The molecule has 0 radical (unpaired) electrons. The molecule has 0 amide bonds. The van der Waals surface area contributed by atoms with Gasteiger partial charge in [0.15, 0.2) is 17.7 Å². The van der Waals surface area contributed by atoms with Crippen LogP contribution in [0.2, 0.25) is 0 Å². The highest BCUT2D eigenvalue weighted by Crippen LogP contribution is 2.39. The number of hydrogen-bond acceptors (Lipinski definition) is 4. The Labute approximate surface area is 124 Å². The van der Waals surface area contributed by atoms with E-state index in [2.05, 4.69) is 27.7 Å². The van der Waals surface area contributed by atoms with Gasteiger partial charge < -0.3 is 14.6 Å². The Bertz CT molecular complexity index is 605. The molecule has 0 aliphatic carbocycles. The molecule has 1 aromatic carbocycles. The largest absolute Gasteiger partial charge is 0.504 e. The van der Waals surface area contributed by atoms with E-state index in [1.54, 1.807) is 13.2 Å². The molecular formula is C13H15IN2O3. The molecule has 0 saturated carbocycles. The van der Waals surface area contributed by atoms with Crippen LogP contribution in [0.4, 0.5) is 0 Å². The summed E-state index contributed by atoms with van der Waals surface area (Å²) >= 11 is 2.16. The van der Waals surface area contributed by atoms with Crippen LogP contribution >= 0.6 is 22.6 Å². The van der Waals surface area contributed by atoms with Gasteiger partial charge in [-0.15, -0.1) is 0 Å². The minimum absolute atomic E-state index is 0.0194. The number of aromatic nitrogens is 2. The van der Waals surface area contributed by atoms with E-state index in [0.717, 1.165) is 40.5 Å². The van der Waals surface area contributed by atoms with Crippen LogP contribution in [0.3, 0.4) is 0 Å². The normalized spacial score (nSPS) is 19.8. The summed E-state index contributed by atoms with van der Waals surface area (Å²) < 4.78 is 13.8. The van der Waals surface area contributed by atoms with Crippen molar-refractivity contribution in [2.24, 2.45) is 0 Å². The zero-order valence-electron chi connectivity index (χ0n) is 10.6. The molecule has 1 aromatic heterocycles. The van der Waals surface area contributed by atoms with Crippen LogP contribution in [0.1, 0.15) is 25.5 Å². The topological polar surface area (TPSA) is 56.5 Å². The number of aromatic hydroxyl groups is 1. The minimum Gasteiger partial charge on any atom is -0.504 e. The van der Waals surface area contributed by atoms with Crippen molar-refractivity contribution in [2.45, 2.75) is 25.5 Å². The van der Waals surface area contributed by atoms with Gasteiger partial charge in [0, 0.05) is 6.61 Å². The number of methoxy groups -OCH3 is 1. The van der Waals surface area contributed by atoms with Gasteiger partial charge in [0.1, 0.15) is 3.70 Å². The second-order valence-corrected chi connectivity index (χ2v) is 5.59. The maximum Gasteiger partial charge on any atom is 0.172 e. The number of hydrogen-bond donors (Lipinski definition) is 1. The lowest BCUT2D eigenvalue weighted by molar-refractivity contribution is -0.0368. The predicted octanol–water partition coefficient (Wildman–Crippen LogP) is 3.05. The van der Waals surface area contributed by atoms with E-state index in [9.17, 15) is 5.11 Å². The van der Waals surface area contributed by atoms with Gasteiger partial charge in [0.05, 0.1) is 18.0 Å². The summed E-state index contributed by atoms with van der Waals surface area (Å²) in [6.07, 6.45) is 3.21. The fourth-order valence-corrected chi connectivity index (χ4v) is 3.25. The van der Waals surface area contributed by atoms with Crippen molar-refractivity contribution in [3.8, 4) is 11.5 Å². The molecule has 1 aliphatic rings. The van der Waals surface area contributed by atoms with Crippen molar-refractivity contribution in [1.82, 2.24) is 9.78 Å². The molecule has 1 unspecified atom stereocenters. The van der Waals surface area contributed by atoms with Crippen molar-refractivity contribution in [3.63, 3.8) is 0 Å². The van der Waals surface area contributed by atoms with Crippen LogP contribution in [0.5, 0.6) is 11.5 Å². The molecule has 1 N–H and O–H groups in total. The second kappa shape index (κ2) is 5.16. The summed E-state index contributed by atoms with van der Waals surface area (Å²) in [6.45, 7) is 0.776. The Morgan fingerprint density at radius 3 is 3.00 bits per heavy atom. The molecule has 2 aromatic rings. The third-order valence-electron chi connectivity index (χ3n) is 3.40. The van der Waals surface area contributed by atoms with E-state index in [1.807, 2.05) is 10.7 Å². The van der Waals surface area contributed by atoms with Crippen molar-refractivity contribution >= 4 is 33.5 Å². The van der Waals surface area contributed by atoms with Crippen molar-refractivity contribution in [3.05, 3.63) is 15.8 Å². The fraction of sp³-hybridized carbons (Fsp3) is 0.462. The lowest BCUT2D eigenvalue weighted by atomic mass is 10.2. The highest BCUT2D eigenvalue weighted by atomic mass is 127. The summed E-state index contributed by atoms with van der Waals surface area (Å²) in [5.41, 5.74) is 0.936. The SMILES string of the molecule is COc1c(O)ccc2c1c(I)nn2C1CCCCO1. The maximum absolute atomic E-state index is 9.86. The summed E-state index contributed by atoms with van der Waals surface area (Å²) in [7, 11) is 1.55. The van der Waals surface area contributed by atoms with E-state index in [-0.39, 0.29) is 12.0 Å². The fourth-order valence-electron chi connectivity index (χ4n) is 2.49. The van der Waals surface area contributed by atoms with E-state index < -0.39 is 0 Å². The molecule has 1 fully saturated rings. The average molecular weight is 374 g/mol. The minimum atomic E-state index is -0.0194. The molecule has 102 valence electrons. The van der Waals surface area contributed by atoms with Crippen LogP contribution < -0.4 is 4.74 Å². The lowest BCUT2D eigenvalue weighted by Crippen LogP contribution is -2.19. The number of rotatable bonds is 2. The van der Waals surface area contributed by atoms with Gasteiger partial charge in [-0.05, 0) is 54.0 Å². The van der Waals surface area contributed by atoms with E-state index in [1.165, 1.54) is 0 Å². The summed E-state index contributed by atoms with van der Waals surface area (Å²) in [6, 6.07) is 3.50. The van der Waals surface area contributed by atoms with Gasteiger partial charge in [-0.1, -0.05) is 0 Å². The van der Waals surface area contributed by atoms with Crippen LogP contribution in [0, 0.1) is 3.70 Å². The van der Waals surface area contributed by atoms with Gasteiger partial charge in [-0.2, -0.15) is 5.10 Å². The second-order valence-electron chi connectivity index (χ2n) is 4.57. The Morgan fingerprint density at radius 1 is 1.47 bits per heavy atom. The summed E-state index contributed by atoms with van der Waals surface area (Å²) in [5.74, 6) is 0.612. The zero-order chi connectivity index (χ0) is 13.4. The molecule has 0 bridgehead atoms. The number of halogens is 1. The maximum atomic E-state index is 9.86. The first-order chi connectivity index (χ1) is 9.22. The number of nitrogens with zero attached hydrogens (tertiary/aromatic N) is 2. The van der Waals surface area contributed by atoms with Crippen LogP contribution in [-0.2, 0) is 4.74 Å². The number of phenolic OH excluding ortho intramolecular Hbond substituents is 1. The lowest BCUT2D eigenvalue weighted by Gasteiger charge is -2.23. The van der Waals surface area contributed by atoms with Crippen LogP contribution in [0.25, 0.3) is 10.9 Å². The molecule has 5 nitrogen and oxygen atoms in total. The molecule has 6 heteroatoms. The van der Waals surface area contributed by atoms with Crippen molar-refractivity contribution in [2.75, 3.05) is 13.7 Å².